The summed E-state index contributed by atoms with van der Waals surface area (Å²) in [5.74, 6) is 0.472. The number of anilines is 1. The molecule has 0 saturated heterocycles. The van der Waals surface area contributed by atoms with Crippen LogP contribution >= 0.6 is 0 Å². The van der Waals surface area contributed by atoms with Crippen molar-refractivity contribution in [1.29, 1.82) is 5.26 Å². The van der Waals surface area contributed by atoms with E-state index in [0.717, 1.165) is 0 Å². The van der Waals surface area contributed by atoms with Gasteiger partial charge in [-0.15, -0.1) is 0 Å². The largest absolute Gasteiger partial charge is 0.497 e. The second-order valence-corrected chi connectivity index (χ2v) is 5.20. The number of ether oxygens (including phenoxy) is 1. The van der Waals surface area contributed by atoms with Crippen molar-refractivity contribution in [2.24, 2.45) is 0 Å². The second kappa shape index (κ2) is 9.64. The van der Waals surface area contributed by atoms with Crippen LogP contribution in [-0.2, 0) is 4.79 Å². The van der Waals surface area contributed by atoms with E-state index in [9.17, 15) is 9.59 Å². The predicted molar refractivity (Wildman–Crippen MR) is 95.8 cm³/mol. The molecule has 3 N–H and O–H groups in total. The van der Waals surface area contributed by atoms with Gasteiger partial charge in [0, 0.05) is 24.8 Å². The summed E-state index contributed by atoms with van der Waals surface area (Å²) in [7, 11) is 1.54. The highest BCUT2D eigenvalue weighted by atomic mass is 16.5. The lowest BCUT2D eigenvalue weighted by Gasteiger charge is -2.09. The van der Waals surface area contributed by atoms with Gasteiger partial charge in [0.25, 0.3) is 5.91 Å². The number of carbonyl (C=O) groups is 2. The molecule has 0 bridgehead atoms. The quantitative estimate of drug-likeness (QED) is 0.608. The van der Waals surface area contributed by atoms with E-state index in [4.69, 9.17) is 10.00 Å². The SMILES string of the molecule is COc1ccc(C(=O)NCC(=O)NCCNc2ncccc2C#N)cc1. The minimum atomic E-state index is -0.340. The molecule has 0 unspecified atom stereocenters. The summed E-state index contributed by atoms with van der Waals surface area (Å²) in [6.07, 6.45) is 1.58. The molecule has 1 aromatic carbocycles. The molecule has 0 radical (unpaired) electrons. The minimum absolute atomic E-state index is 0.127. The number of aromatic nitrogens is 1. The van der Waals surface area contributed by atoms with Crippen molar-refractivity contribution in [1.82, 2.24) is 15.6 Å². The zero-order valence-electron chi connectivity index (χ0n) is 14.3. The van der Waals surface area contributed by atoms with Gasteiger partial charge in [0.2, 0.25) is 5.91 Å². The summed E-state index contributed by atoms with van der Waals surface area (Å²) in [6, 6.07) is 12.0. The first-order valence-corrected chi connectivity index (χ1v) is 7.92. The highest BCUT2D eigenvalue weighted by Gasteiger charge is 2.08. The van der Waals surface area contributed by atoms with Gasteiger partial charge in [-0.1, -0.05) is 0 Å². The third-order valence-corrected chi connectivity index (χ3v) is 3.43. The molecule has 8 heteroatoms. The van der Waals surface area contributed by atoms with Gasteiger partial charge in [-0.2, -0.15) is 5.26 Å². The third kappa shape index (κ3) is 5.49. The van der Waals surface area contributed by atoms with Crippen LogP contribution in [0.15, 0.2) is 42.6 Å². The summed E-state index contributed by atoms with van der Waals surface area (Å²) in [5.41, 5.74) is 0.880. The van der Waals surface area contributed by atoms with E-state index in [-0.39, 0.29) is 18.4 Å². The fourth-order valence-corrected chi connectivity index (χ4v) is 2.09. The Morgan fingerprint density at radius 3 is 2.62 bits per heavy atom. The van der Waals surface area contributed by atoms with Crippen molar-refractivity contribution in [3.63, 3.8) is 0 Å². The average molecular weight is 353 g/mol. The van der Waals surface area contributed by atoms with Crippen LogP contribution in [0.3, 0.4) is 0 Å². The van der Waals surface area contributed by atoms with E-state index in [2.05, 4.69) is 20.9 Å². The number of rotatable bonds is 8. The number of nitrogens with zero attached hydrogens (tertiary/aromatic N) is 2. The fraction of sp³-hybridized carbons (Fsp3) is 0.222. The Hall–Kier alpha value is -3.60. The van der Waals surface area contributed by atoms with Crippen LogP contribution in [0.2, 0.25) is 0 Å². The van der Waals surface area contributed by atoms with Gasteiger partial charge in [0.15, 0.2) is 0 Å². The van der Waals surface area contributed by atoms with Crippen molar-refractivity contribution in [2.45, 2.75) is 0 Å². The first-order valence-electron chi connectivity index (χ1n) is 7.92. The number of nitriles is 1. The highest BCUT2D eigenvalue weighted by molar-refractivity contribution is 5.96. The van der Waals surface area contributed by atoms with E-state index >= 15 is 0 Å². The molecular formula is C18H19N5O3. The van der Waals surface area contributed by atoms with Gasteiger partial charge in [0.1, 0.15) is 17.6 Å². The van der Waals surface area contributed by atoms with Crippen LogP contribution in [0.25, 0.3) is 0 Å². The highest BCUT2D eigenvalue weighted by Crippen LogP contribution is 2.11. The van der Waals surface area contributed by atoms with Crippen molar-refractivity contribution >= 4 is 17.6 Å². The van der Waals surface area contributed by atoms with E-state index < -0.39 is 0 Å². The van der Waals surface area contributed by atoms with Crippen LogP contribution in [0.5, 0.6) is 5.75 Å². The molecule has 0 saturated carbocycles. The Morgan fingerprint density at radius 2 is 1.92 bits per heavy atom. The zero-order chi connectivity index (χ0) is 18.8. The Bertz CT molecular complexity index is 799. The Labute approximate surface area is 151 Å². The Kier molecular flexibility index (Phi) is 6.94. The minimum Gasteiger partial charge on any atom is -0.497 e. The molecule has 0 spiro atoms. The first kappa shape index (κ1) is 18.7. The number of nitrogens with one attached hydrogen (secondary N) is 3. The standard InChI is InChI=1S/C18H19N5O3/c1-26-15-6-4-13(5-7-15)18(25)23-12-16(24)20-9-10-22-17-14(11-19)3-2-8-21-17/h2-8H,9-10,12H2,1H3,(H,20,24)(H,21,22)(H,23,25). The molecule has 26 heavy (non-hydrogen) atoms. The maximum atomic E-state index is 12.0. The molecule has 2 amide bonds. The number of pyridine rings is 1. The number of amides is 2. The van der Waals surface area contributed by atoms with Gasteiger partial charge >= 0.3 is 0 Å². The maximum absolute atomic E-state index is 12.0. The Balaban J connectivity index is 1.68. The predicted octanol–water partition coefficient (Wildman–Crippen LogP) is 0.920. The average Bonchev–Trinajstić information content (AvgIpc) is 2.69. The molecule has 1 aromatic heterocycles. The lowest BCUT2D eigenvalue weighted by atomic mass is 10.2. The molecular weight excluding hydrogens is 334 g/mol. The first-order chi connectivity index (χ1) is 12.6. The van der Waals surface area contributed by atoms with E-state index in [1.54, 1.807) is 49.7 Å². The van der Waals surface area contributed by atoms with E-state index in [0.29, 0.717) is 35.8 Å². The maximum Gasteiger partial charge on any atom is 0.251 e. The number of methoxy groups -OCH3 is 1. The molecule has 0 fully saturated rings. The lowest BCUT2D eigenvalue weighted by Crippen LogP contribution is -2.38. The van der Waals surface area contributed by atoms with Crippen molar-refractivity contribution in [3.8, 4) is 11.8 Å². The number of benzene rings is 1. The smallest absolute Gasteiger partial charge is 0.251 e. The van der Waals surface area contributed by atoms with Gasteiger partial charge < -0.3 is 20.7 Å². The summed E-state index contributed by atoms with van der Waals surface area (Å²) in [6.45, 7) is 0.612. The van der Waals surface area contributed by atoms with Crippen LogP contribution in [-0.4, -0.2) is 43.5 Å². The van der Waals surface area contributed by atoms with Crippen molar-refractivity contribution < 1.29 is 14.3 Å². The van der Waals surface area contributed by atoms with Crippen molar-refractivity contribution in [2.75, 3.05) is 32.1 Å². The summed E-state index contributed by atoms with van der Waals surface area (Å²) >= 11 is 0. The molecule has 0 aliphatic carbocycles. The second-order valence-electron chi connectivity index (χ2n) is 5.20. The molecule has 0 aliphatic heterocycles. The molecule has 2 rings (SSSR count). The molecule has 134 valence electrons. The summed E-state index contributed by atoms with van der Waals surface area (Å²) in [4.78, 5) is 27.8. The van der Waals surface area contributed by atoms with Gasteiger partial charge in [-0.25, -0.2) is 4.98 Å². The van der Waals surface area contributed by atoms with E-state index in [1.807, 2.05) is 6.07 Å². The monoisotopic (exact) mass is 353 g/mol. The van der Waals surface area contributed by atoms with Crippen LogP contribution in [0.1, 0.15) is 15.9 Å². The third-order valence-electron chi connectivity index (χ3n) is 3.43. The van der Waals surface area contributed by atoms with Gasteiger partial charge in [0.05, 0.1) is 19.2 Å². The summed E-state index contributed by atoms with van der Waals surface area (Å²) < 4.78 is 5.02. The van der Waals surface area contributed by atoms with Crippen LogP contribution < -0.4 is 20.7 Å². The molecule has 0 atom stereocenters. The zero-order valence-corrected chi connectivity index (χ0v) is 14.3. The molecule has 1 heterocycles. The fourth-order valence-electron chi connectivity index (χ4n) is 2.09. The van der Waals surface area contributed by atoms with Crippen molar-refractivity contribution in [3.05, 3.63) is 53.7 Å². The normalized spacial score (nSPS) is 9.69. The molecule has 2 aromatic rings. The molecule has 0 aliphatic rings. The Morgan fingerprint density at radius 1 is 1.15 bits per heavy atom. The van der Waals surface area contributed by atoms with Crippen LogP contribution in [0, 0.1) is 11.3 Å². The number of carbonyl (C=O) groups excluding carboxylic acids is 2. The van der Waals surface area contributed by atoms with Crippen LogP contribution in [0.4, 0.5) is 5.82 Å². The van der Waals surface area contributed by atoms with Gasteiger partial charge in [-0.3, -0.25) is 9.59 Å². The number of hydrogen-bond donors (Lipinski definition) is 3. The van der Waals surface area contributed by atoms with Gasteiger partial charge in [-0.05, 0) is 36.4 Å². The topological polar surface area (TPSA) is 116 Å². The molecule has 8 nitrogen and oxygen atoms in total. The summed E-state index contributed by atoms with van der Waals surface area (Å²) in [5, 5.41) is 17.1. The lowest BCUT2D eigenvalue weighted by molar-refractivity contribution is -0.120. The van der Waals surface area contributed by atoms with E-state index in [1.165, 1.54) is 0 Å². The number of hydrogen-bond acceptors (Lipinski definition) is 6.